The van der Waals surface area contributed by atoms with Gasteiger partial charge < -0.3 is 15.3 Å². The number of ketones is 1. The van der Waals surface area contributed by atoms with Crippen LogP contribution in [0.25, 0.3) is 0 Å². The maximum absolute atomic E-state index is 11.5. The summed E-state index contributed by atoms with van der Waals surface area (Å²) in [4.78, 5) is 15.4. The molecule has 0 fully saturated rings. The number of carbonyl (C=O) groups excluding carboxylic acids is 1. The first-order valence-corrected chi connectivity index (χ1v) is 7.16. The summed E-state index contributed by atoms with van der Waals surface area (Å²) in [6, 6.07) is 10.0. The summed E-state index contributed by atoms with van der Waals surface area (Å²) in [6.45, 7) is -1.10. The van der Waals surface area contributed by atoms with Crippen molar-refractivity contribution in [3.8, 4) is 5.75 Å². The van der Waals surface area contributed by atoms with Crippen molar-refractivity contribution in [2.75, 3.05) is 6.61 Å². The van der Waals surface area contributed by atoms with Crippen molar-refractivity contribution in [2.45, 2.75) is 25.9 Å². The number of benzene rings is 1. The molecule has 0 atom stereocenters. The van der Waals surface area contributed by atoms with Gasteiger partial charge in [0.15, 0.2) is 11.4 Å². The number of aliphatic hydroxyl groups is 2. The molecule has 0 amide bonds. The number of carbonyl (C=O) groups is 1. The summed E-state index contributed by atoms with van der Waals surface area (Å²) in [6.07, 6.45) is 3.84. The summed E-state index contributed by atoms with van der Waals surface area (Å²) in [5.74, 6) is -0.998. The lowest BCUT2D eigenvalue weighted by Gasteiger charge is -2.11. The maximum Gasteiger partial charge on any atom is 0.210 e. The predicted octanol–water partition coefficient (Wildman–Crippen LogP) is 1.63. The SMILES string of the molecule is O=C(CO)c1ncc(CCCc2ccccc2)c(CO)c1O. The van der Waals surface area contributed by atoms with Gasteiger partial charge in [-0.2, -0.15) is 0 Å². The Hall–Kier alpha value is -2.24. The zero-order valence-electron chi connectivity index (χ0n) is 12.2. The van der Waals surface area contributed by atoms with E-state index in [-0.39, 0.29) is 18.1 Å². The van der Waals surface area contributed by atoms with Crippen molar-refractivity contribution in [1.82, 2.24) is 4.98 Å². The van der Waals surface area contributed by atoms with Crippen LogP contribution in [0.1, 0.15) is 33.6 Å². The Bertz CT molecular complexity index is 641. The van der Waals surface area contributed by atoms with Gasteiger partial charge in [-0.15, -0.1) is 0 Å². The van der Waals surface area contributed by atoms with Gasteiger partial charge in [-0.3, -0.25) is 4.79 Å². The molecule has 5 heteroatoms. The predicted molar refractivity (Wildman–Crippen MR) is 81.7 cm³/mol. The fourth-order valence-electron chi connectivity index (χ4n) is 2.37. The molecule has 3 N–H and O–H groups in total. The molecule has 0 aliphatic heterocycles. The van der Waals surface area contributed by atoms with E-state index in [9.17, 15) is 15.0 Å². The van der Waals surface area contributed by atoms with Crippen LogP contribution < -0.4 is 0 Å². The molecule has 22 heavy (non-hydrogen) atoms. The van der Waals surface area contributed by atoms with Crippen LogP contribution in [0.2, 0.25) is 0 Å². The van der Waals surface area contributed by atoms with Crippen molar-refractivity contribution in [2.24, 2.45) is 0 Å². The van der Waals surface area contributed by atoms with E-state index in [2.05, 4.69) is 4.98 Å². The molecule has 116 valence electrons. The molecule has 1 heterocycles. The van der Waals surface area contributed by atoms with Crippen LogP contribution in [0, 0.1) is 0 Å². The van der Waals surface area contributed by atoms with Crippen LogP contribution in [0.4, 0.5) is 0 Å². The van der Waals surface area contributed by atoms with E-state index >= 15 is 0 Å². The molecule has 0 saturated carbocycles. The van der Waals surface area contributed by atoms with E-state index in [1.807, 2.05) is 30.3 Å². The Morgan fingerprint density at radius 2 is 1.82 bits per heavy atom. The number of hydrogen-bond donors (Lipinski definition) is 3. The number of nitrogens with zero attached hydrogens (tertiary/aromatic N) is 1. The van der Waals surface area contributed by atoms with Crippen molar-refractivity contribution < 1.29 is 20.1 Å². The first-order valence-electron chi connectivity index (χ1n) is 7.16. The molecule has 1 aromatic carbocycles. The largest absolute Gasteiger partial charge is 0.505 e. The van der Waals surface area contributed by atoms with Gasteiger partial charge in [0, 0.05) is 11.8 Å². The molecule has 2 rings (SSSR count). The van der Waals surface area contributed by atoms with E-state index in [0.29, 0.717) is 17.5 Å². The van der Waals surface area contributed by atoms with Crippen LogP contribution in [0.5, 0.6) is 5.75 Å². The van der Waals surface area contributed by atoms with Gasteiger partial charge in [-0.05, 0) is 30.4 Å². The minimum absolute atomic E-state index is 0.196. The Kier molecular flexibility index (Phi) is 5.63. The first-order chi connectivity index (χ1) is 10.7. The lowest BCUT2D eigenvalue weighted by Crippen LogP contribution is -2.10. The van der Waals surface area contributed by atoms with Crippen molar-refractivity contribution in [3.63, 3.8) is 0 Å². The molecule has 0 bridgehead atoms. The molecule has 0 unspecified atom stereocenters. The highest BCUT2D eigenvalue weighted by atomic mass is 16.3. The topological polar surface area (TPSA) is 90.7 Å². The molecular weight excluding hydrogens is 282 g/mol. The Labute approximate surface area is 128 Å². The summed E-state index contributed by atoms with van der Waals surface area (Å²) in [5.41, 5.74) is 2.04. The zero-order chi connectivity index (χ0) is 15.9. The normalized spacial score (nSPS) is 10.6. The lowest BCUT2D eigenvalue weighted by molar-refractivity contribution is 0.0895. The van der Waals surface area contributed by atoms with Gasteiger partial charge in [0.05, 0.1) is 6.61 Å². The molecule has 0 aliphatic rings. The highest BCUT2D eigenvalue weighted by molar-refractivity contribution is 5.97. The molecule has 0 saturated heterocycles. The minimum Gasteiger partial charge on any atom is -0.505 e. The molecular formula is C17H19NO4. The third-order valence-electron chi connectivity index (χ3n) is 3.57. The Morgan fingerprint density at radius 1 is 1.09 bits per heavy atom. The highest BCUT2D eigenvalue weighted by Crippen LogP contribution is 2.26. The van der Waals surface area contributed by atoms with E-state index in [4.69, 9.17) is 5.11 Å². The molecule has 0 aliphatic carbocycles. The number of Topliss-reactive ketones (excluding diaryl/α,β-unsaturated/α-hetero) is 1. The number of aliphatic hydroxyl groups excluding tert-OH is 2. The molecule has 5 nitrogen and oxygen atoms in total. The standard InChI is InChI=1S/C17H19NO4/c19-10-14-13(8-4-7-12-5-2-1-3-6-12)9-18-16(17(14)22)15(21)11-20/h1-3,5-6,9,19-20,22H,4,7-8,10-11H2. The number of aromatic hydroxyl groups is 1. The van der Waals surface area contributed by atoms with Gasteiger partial charge in [0.1, 0.15) is 6.61 Å². The monoisotopic (exact) mass is 301 g/mol. The van der Waals surface area contributed by atoms with Gasteiger partial charge in [0.25, 0.3) is 0 Å². The second-order valence-corrected chi connectivity index (χ2v) is 5.04. The zero-order valence-corrected chi connectivity index (χ0v) is 12.2. The van der Waals surface area contributed by atoms with Crippen LogP contribution in [0.15, 0.2) is 36.5 Å². The summed E-state index contributed by atoms with van der Waals surface area (Å²) < 4.78 is 0. The third-order valence-corrected chi connectivity index (χ3v) is 3.57. The molecule has 1 aromatic heterocycles. The van der Waals surface area contributed by atoms with E-state index < -0.39 is 12.4 Å². The fraction of sp³-hybridized carbons (Fsp3) is 0.294. The van der Waals surface area contributed by atoms with Crippen molar-refractivity contribution in [1.29, 1.82) is 0 Å². The average Bonchev–Trinajstić information content (AvgIpc) is 2.55. The van der Waals surface area contributed by atoms with Gasteiger partial charge in [0.2, 0.25) is 5.78 Å². The lowest BCUT2D eigenvalue weighted by atomic mass is 10.00. The first kappa shape index (κ1) is 16.1. The molecule has 0 spiro atoms. The number of pyridine rings is 1. The van der Waals surface area contributed by atoms with Crippen molar-refractivity contribution >= 4 is 5.78 Å². The number of hydrogen-bond acceptors (Lipinski definition) is 5. The fourth-order valence-corrected chi connectivity index (χ4v) is 2.37. The van der Waals surface area contributed by atoms with E-state index in [1.54, 1.807) is 0 Å². The summed E-state index contributed by atoms with van der Waals surface area (Å²) in [5, 5.41) is 28.3. The minimum atomic E-state index is -0.723. The molecule has 0 radical (unpaired) electrons. The van der Waals surface area contributed by atoms with Crippen molar-refractivity contribution in [3.05, 3.63) is 58.9 Å². The average molecular weight is 301 g/mol. The van der Waals surface area contributed by atoms with Crippen LogP contribution in [-0.4, -0.2) is 32.7 Å². The number of aryl methyl sites for hydroxylation is 2. The van der Waals surface area contributed by atoms with Crippen LogP contribution in [-0.2, 0) is 19.4 Å². The number of aromatic nitrogens is 1. The quantitative estimate of drug-likeness (QED) is 0.676. The maximum atomic E-state index is 11.5. The third kappa shape index (κ3) is 3.69. The van der Waals surface area contributed by atoms with Crippen LogP contribution >= 0.6 is 0 Å². The van der Waals surface area contributed by atoms with Crippen LogP contribution in [0.3, 0.4) is 0 Å². The van der Waals surface area contributed by atoms with Gasteiger partial charge >= 0.3 is 0 Å². The molecule has 2 aromatic rings. The smallest absolute Gasteiger partial charge is 0.210 e. The second kappa shape index (κ2) is 7.68. The Balaban J connectivity index is 2.11. The van der Waals surface area contributed by atoms with Gasteiger partial charge in [-0.1, -0.05) is 30.3 Å². The number of rotatable bonds is 7. The summed E-state index contributed by atoms with van der Waals surface area (Å²) in [7, 11) is 0. The summed E-state index contributed by atoms with van der Waals surface area (Å²) >= 11 is 0. The van der Waals surface area contributed by atoms with Gasteiger partial charge in [-0.25, -0.2) is 4.98 Å². The van der Waals surface area contributed by atoms with E-state index in [0.717, 1.165) is 12.8 Å². The van der Waals surface area contributed by atoms with E-state index in [1.165, 1.54) is 11.8 Å². The highest BCUT2D eigenvalue weighted by Gasteiger charge is 2.18. The Morgan fingerprint density at radius 3 is 2.45 bits per heavy atom. The second-order valence-electron chi connectivity index (χ2n) is 5.04.